The molecular weight excluding hydrogens is 287 g/mol. The van der Waals surface area contributed by atoms with Crippen molar-refractivity contribution in [2.24, 2.45) is 0 Å². The molecule has 0 aliphatic rings. The van der Waals surface area contributed by atoms with E-state index in [1.165, 1.54) is 12.1 Å². The van der Waals surface area contributed by atoms with Crippen LogP contribution < -0.4 is 5.32 Å². The lowest BCUT2D eigenvalue weighted by Gasteiger charge is -2.10. The van der Waals surface area contributed by atoms with Gasteiger partial charge in [0, 0.05) is 13.1 Å². The number of carbonyl (C=O) groups is 1. The lowest BCUT2D eigenvalue weighted by molar-refractivity contribution is 0.0947. The van der Waals surface area contributed by atoms with Gasteiger partial charge in [0.05, 0.1) is 10.2 Å². The summed E-state index contributed by atoms with van der Waals surface area (Å²) in [5.41, 5.74) is 2.64. The Labute approximate surface area is 126 Å². The third kappa shape index (κ3) is 2.69. The third-order valence-corrected chi connectivity index (χ3v) is 4.20. The molecule has 0 radical (unpaired) electrons. The molecule has 0 bridgehead atoms. The minimum atomic E-state index is -0.254. The first kappa shape index (κ1) is 13.8. The van der Waals surface area contributed by atoms with Crippen molar-refractivity contribution in [1.29, 1.82) is 0 Å². The van der Waals surface area contributed by atoms with Crippen molar-refractivity contribution >= 4 is 27.5 Å². The van der Waals surface area contributed by atoms with Gasteiger partial charge in [0.2, 0.25) is 0 Å². The average Bonchev–Trinajstić information content (AvgIpc) is 3.04. The zero-order valence-electron chi connectivity index (χ0n) is 11.6. The first-order chi connectivity index (χ1) is 10.2. The molecule has 0 fully saturated rings. The van der Waals surface area contributed by atoms with E-state index in [4.69, 9.17) is 0 Å². The maximum absolute atomic E-state index is 13.0. The molecular formula is C16H15FN2OS. The van der Waals surface area contributed by atoms with Crippen LogP contribution in [0.1, 0.15) is 23.0 Å². The molecule has 0 aliphatic heterocycles. The highest BCUT2D eigenvalue weighted by Gasteiger charge is 2.16. The normalized spacial score (nSPS) is 11.0. The van der Waals surface area contributed by atoms with Crippen LogP contribution in [0, 0.1) is 5.82 Å². The van der Waals surface area contributed by atoms with Crippen molar-refractivity contribution < 1.29 is 9.18 Å². The van der Waals surface area contributed by atoms with Crippen molar-refractivity contribution in [3.63, 3.8) is 0 Å². The molecule has 2 aromatic heterocycles. The molecule has 108 valence electrons. The molecule has 5 heteroatoms. The van der Waals surface area contributed by atoms with Crippen LogP contribution in [0.5, 0.6) is 0 Å². The van der Waals surface area contributed by atoms with Gasteiger partial charge < -0.3 is 9.88 Å². The summed E-state index contributed by atoms with van der Waals surface area (Å²) in [5.74, 6) is -0.334. The third-order valence-electron chi connectivity index (χ3n) is 3.35. The molecule has 1 aromatic carbocycles. The number of nitrogens with one attached hydrogen (secondary N) is 1. The Bertz CT molecular complexity index is 773. The van der Waals surface area contributed by atoms with Crippen LogP contribution in [0.2, 0.25) is 0 Å². The summed E-state index contributed by atoms with van der Waals surface area (Å²) in [6, 6.07) is 10.3. The number of benzene rings is 1. The fraction of sp³-hybridized carbons (Fsp3) is 0.188. The van der Waals surface area contributed by atoms with E-state index >= 15 is 0 Å². The fourth-order valence-electron chi connectivity index (χ4n) is 2.36. The van der Waals surface area contributed by atoms with Crippen molar-refractivity contribution in [3.05, 3.63) is 58.9 Å². The number of carbonyl (C=O) groups excluding carboxylic acids is 1. The number of rotatable bonds is 4. The van der Waals surface area contributed by atoms with Crippen LogP contribution in [0.25, 0.3) is 10.2 Å². The van der Waals surface area contributed by atoms with Gasteiger partial charge >= 0.3 is 0 Å². The fourth-order valence-corrected chi connectivity index (χ4v) is 3.18. The molecule has 2 heterocycles. The summed E-state index contributed by atoms with van der Waals surface area (Å²) in [7, 11) is 0. The van der Waals surface area contributed by atoms with Crippen molar-refractivity contribution in [2.45, 2.75) is 13.5 Å². The number of hydrogen-bond acceptors (Lipinski definition) is 2. The smallest absolute Gasteiger partial charge is 0.267 e. The van der Waals surface area contributed by atoms with Gasteiger partial charge in [0.25, 0.3) is 5.91 Å². The van der Waals surface area contributed by atoms with Crippen molar-refractivity contribution in [2.75, 3.05) is 6.54 Å². The highest BCUT2D eigenvalue weighted by molar-refractivity contribution is 7.17. The summed E-state index contributed by atoms with van der Waals surface area (Å²) in [6.45, 7) is 3.04. The number of amides is 1. The molecule has 0 atom stereocenters. The molecule has 21 heavy (non-hydrogen) atoms. The summed E-state index contributed by atoms with van der Waals surface area (Å²) in [5, 5.41) is 4.84. The van der Waals surface area contributed by atoms with E-state index in [-0.39, 0.29) is 11.7 Å². The lowest BCUT2D eigenvalue weighted by Crippen LogP contribution is -2.25. The SMILES string of the molecule is CCNC(=O)c1cc2sccc2n1Cc1ccc(F)cc1. The van der Waals surface area contributed by atoms with E-state index in [9.17, 15) is 9.18 Å². The predicted octanol–water partition coefficient (Wildman–Crippen LogP) is 3.64. The topological polar surface area (TPSA) is 34.0 Å². The maximum Gasteiger partial charge on any atom is 0.267 e. The molecule has 3 nitrogen and oxygen atoms in total. The van der Waals surface area contributed by atoms with Crippen molar-refractivity contribution in [1.82, 2.24) is 9.88 Å². The van der Waals surface area contributed by atoms with Gasteiger partial charge in [-0.2, -0.15) is 0 Å². The molecule has 0 unspecified atom stereocenters. The molecule has 0 saturated heterocycles. The van der Waals surface area contributed by atoms with Crippen LogP contribution in [-0.2, 0) is 6.54 Å². The molecule has 0 spiro atoms. The summed E-state index contributed by atoms with van der Waals surface area (Å²) in [4.78, 5) is 12.2. The standard InChI is InChI=1S/C16H15FN2OS/c1-2-18-16(20)14-9-15-13(7-8-21-15)19(14)10-11-3-5-12(17)6-4-11/h3-9H,2,10H2,1H3,(H,18,20). The molecule has 0 aliphatic carbocycles. The quantitative estimate of drug-likeness (QED) is 0.784. The van der Waals surface area contributed by atoms with Crippen LogP contribution in [0.3, 0.4) is 0 Å². The van der Waals surface area contributed by atoms with Gasteiger partial charge in [0.15, 0.2) is 0 Å². The molecule has 0 saturated carbocycles. The maximum atomic E-state index is 13.0. The van der Waals surface area contributed by atoms with Gasteiger partial charge in [-0.1, -0.05) is 12.1 Å². The monoisotopic (exact) mass is 302 g/mol. The van der Waals surface area contributed by atoms with Crippen LogP contribution in [-0.4, -0.2) is 17.0 Å². The summed E-state index contributed by atoms with van der Waals surface area (Å²) in [6.07, 6.45) is 0. The number of hydrogen-bond donors (Lipinski definition) is 1. The Morgan fingerprint density at radius 1 is 1.29 bits per heavy atom. The van der Waals surface area contributed by atoms with Gasteiger partial charge in [-0.3, -0.25) is 4.79 Å². The molecule has 3 aromatic rings. The van der Waals surface area contributed by atoms with Gasteiger partial charge in [-0.15, -0.1) is 11.3 Å². The van der Waals surface area contributed by atoms with Gasteiger partial charge in [-0.25, -0.2) is 4.39 Å². The van der Waals surface area contributed by atoms with Crippen LogP contribution >= 0.6 is 11.3 Å². The Kier molecular flexibility index (Phi) is 3.75. The van der Waals surface area contributed by atoms with Gasteiger partial charge in [0.1, 0.15) is 11.5 Å². The second-order valence-corrected chi connectivity index (χ2v) is 5.72. The van der Waals surface area contributed by atoms with E-state index in [1.807, 2.05) is 29.0 Å². The number of halogens is 1. The Hall–Kier alpha value is -2.14. The zero-order chi connectivity index (χ0) is 14.8. The Morgan fingerprint density at radius 2 is 2.05 bits per heavy atom. The van der Waals surface area contributed by atoms with Gasteiger partial charge in [-0.05, 0) is 42.1 Å². The lowest BCUT2D eigenvalue weighted by atomic mass is 10.2. The highest BCUT2D eigenvalue weighted by atomic mass is 32.1. The largest absolute Gasteiger partial charge is 0.351 e. The summed E-state index contributed by atoms with van der Waals surface area (Å²) < 4.78 is 16.1. The van der Waals surface area contributed by atoms with Crippen molar-refractivity contribution in [3.8, 4) is 0 Å². The second kappa shape index (κ2) is 5.69. The number of nitrogens with zero attached hydrogens (tertiary/aromatic N) is 1. The minimum absolute atomic E-state index is 0.0805. The first-order valence-corrected chi connectivity index (χ1v) is 7.66. The Balaban J connectivity index is 2.02. The highest BCUT2D eigenvalue weighted by Crippen LogP contribution is 2.26. The molecule has 1 amide bonds. The first-order valence-electron chi connectivity index (χ1n) is 6.78. The summed E-state index contributed by atoms with van der Waals surface area (Å²) >= 11 is 1.61. The van der Waals surface area contributed by atoms with Crippen LogP contribution in [0.15, 0.2) is 41.8 Å². The van der Waals surface area contributed by atoms with E-state index in [0.29, 0.717) is 18.8 Å². The molecule has 3 rings (SSSR count). The van der Waals surface area contributed by atoms with E-state index in [1.54, 1.807) is 23.5 Å². The zero-order valence-corrected chi connectivity index (χ0v) is 12.4. The van der Waals surface area contributed by atoms with Crippen LogP contribution in [0.4, 0.5) is 4.39 Å². The number of fused-ring (bicyclic) bond motifs is 1. The van der Waals surface area contributed by atoms with E-state index in [2.05, 4.69) is 5.32 Å². The predicted molar refractivity (Wildman–Crippen MR) is 83.3 cm³/mol. The number of thiophene rings is 1. The Morgan fingerprint density at radius 3 is 2.76 bits per heavy atom. The minimum Gasteiger partial charge on any atom is -0.351 e. The second-order valence-electron chi connectivity index (χ2n) is 4.77. The van der Waals surface area contributed by atoms with E-state index in [0.717, 1.165) is 15.8 Å². The number of aromatic nitrogens is 1. The average molecular weight is 302 g/mol. The molecule has 1 N–H and O–H groups in total. The van der Waals surface area contributed by atoms with E-state index < -0.39 is 0 Å².